The van der Waals surface area contributed by atoms with Crippen LogP contribution < -0.4 is 14.8 Å². The Morgan fingerprint density at radius 3 is 2.72 bits per heavy atom. The van der Waals surface area contributed by atoms with E-state index >= 15 is 0 Å². The number of aliphatic hydroxyl groups is 1. The minimum atomic E-state index is -0.00627. The van der Waals surface area contributed by atoms with E-state index in [0.29, 0.717) is 17.4 Å². The van der Waals surface area contributed by atoms with E-state index < -0.39 is 0 Å². The second-order valence-electron chi connectivity index (χ2n) is 4.33. The molecule has 0 fully saturated rings. The van der Waals surface area contributed by atoms with Crippen molar-refractivity contribution < 1.29 is 14.6 Å². The Kier molecular flexibility index (Phi) is 6.36. The summed E-state index contributed by atoms with van der Waals surface area (Å²) in [5, 5.41) is 12.2. The number of methoxy groups -OCH3 is 1. The van der Waals surface area contributed by atoms with Crippen LogP contribution in [0.3, 0.4) is 0 Å². The number of aliphatic hydroxyl groups excluding tert-OH is 1. The smallest absolute Gasteiger partial charge is 0.163 e. The predicted molar refractivity (Wildman–Crippen MR) is 73.5 cm³/mol. The Morgan fingerprint density at radius 1 is 1.33 bits per heavy atom. The first-order chi connectivity index (χ1) is 8.71. The molecule has 2 N–H and O–H groups in total. The van der Waals surface area contributed by atoms with Crippen molar-refractivity contribution in [2.75, 3.05) is 32.2 Å². The van der Waals surface area contributed by atoms with Crippen molar-refractivity contribution in [3.63, 3.8) is 0 Å². The van der Waals surface area contributed by atoms with E-state index in [-0.39, 0.29) is 13.2 Å². The van der Waals surface area contributed by atoms with Crippen molar-refractivity contribution in [1.29, 1.82) is 0 Å². The number of anilines is 1. The topological polar surface area (TPSA) is 50.7 Å². The number of benzene rings is 1. The quantitative estimate of drug-likeness (QED) is 0.747. The van der Waals surface area contributed by atoms with Gasteiger partial charge in [0.15, 0.2) is 11.5 Å². The summed E-state index contributed by atoms with van der Waals surface area (Å²) in [7, 11) is 1.60. The van der Waals surface area contributed by atoms with Crippen LogP contribution in [-0.2, 0) is 0 Å². The van der Waals surface area contributed by atoms with Gasteiger partial charge < -0.3 is 19.9 Å². The van der Waals surface area contributed by atoms with Gasteiger partial charge in [-0.2, -0.15) is 0 Å². The maximum atomic E-state index is 8.79. The highest BCUT2D eigenvalue weighted by Crippen LogP contribution is 2.30. The van der Waals surface area contributed by atoms with Crippen LogP contribution in [0.1, 0.15) is 20.3 Å². The molecule has 4 heteroatoms. The van der Waals surface area contributed by atoms with Gasteiger partial charge >= 0.3 is 0 Å². The van der Waals surface area contributed by atoms with E-state index in [4.69, 9.17) is 14.6 Å². The molecule has 1 aromatic rings. The van der Waals surface area contributed by atoms with Gasteiger partial charge in [0.1, 0.15) is 6.61 Å². The molecule has 1 aromatic carbocycles. The van der Waals surface area contributed by atoms with Crippen LogP contribution in [0.2, 0.25) is 0 Å². The van der Waals surface area contributed by atoms with Gasteiger partial charge in [-0.25, -0.2) is 0 Å². The Labute approximate surface area is 109 Å². The van der Waals surface area contributed by atoms with Crippen LogP contribution in [0.5, 0.6) is 11.5 Å². The molecule has 1 atom stereocenters. The van der Waals surface area contributed by atoms with Crippen molar-refractivity contribution in [3.05, 3.63) is 18.2 Å². The van der Waals surface area contributed by atoms with Gasteiger partial charge in [0.25, 0.3) is 0 Å². The first-order valence-corrected chi connectivity index (χ1v) is 6.36. The molecule has 0 amide bonds. The lowest BCUT2D eigenvalue weighted by atomic mass is 10.1. The second-order valence-corrected chi connectivity index (χ2v) is 4.33. The molecule has 4 nitrogen and oxygen atoms in total. The van der Waals surface area contributed by atoms with Gasteiger partial charge in [-0.15, -0.1) is 0 Å². The van der Waals surface area contributed by atoms with Crippen LogP contribution in [0.15, 0.2) is 18.2 Å². The van der Waals surface area contributed by atoms with Crippen molar-refractivity contribution in [1.82, 2.24) is 0 Å². The minimum absolute atomic E-state index is 0.00627. The molecule has 0 aliphatic heterocycles. The van der Waals surface area contributed by atoms with Gasteiger partial charge in [0, 0.05) is 18.3 Å². The third-order valence-corrected chi connectivity index (χ3v) is 2.86. The SMILES string of the molecule is CCC(C)CNc1ccc(OC)c(OCCO)c1. The maximum absolute atomic E-state index is 8.79. The van der Waals surface area contributed by atoms with Crippen LogP contribution >= 0.6 is 0 Å². The van der Waals surface area contributed by atoms with Gasteiger partial charge in [-0.1, -0.05) is 20.3 Å². The van der Waals surface area contributed by atoms with Gasteiger partial charge in [0.05, 0.1) is 13.7 Å². The van der Waals surface area contributed by atoms with Crippen molar-refractivity contribution in [3.8, 4) is 11.5 Å². The van der Waals surface area contributed by atoms with E-state index in [1.807, 2.05) is 18.2 Å². The lowest BCUT2D eigenvalue weighted by Gasteiger charge is -2.14. The van der Waals surface area contributed by atoms with E-state index in [0.717, 1.165) is 18.7 Å². The fourth-order valence-electron chi connectivity index (χ4n) is 1.49. The Morgan fingerprint density at radius 2 is 2.11 bits per heavy atom. The molecule has 0 radical (unpaired) electrons. The summed E-state index contributed by atoms with van der Waals surface area (Å²) in [6.07, 6.45) is 1.15. The summed E-state index contributed by atoms with van der Waals surface area (Å²) in [6, 6.07) is 5.73. The molecule has 1 unspecified atom stereocenters. The Hall–Kier alpha value is -1.42. The largest absolute Gasteiger partial charge is 0.493 e. The van der Waals surface area contributed by atoms with E-state index in [1.165, 1.54) is 0 Å². The van der Waals surface area contributed by atoms with E-state index in [1.54, 1.807) is 7.11 Å². The average Bonchev–Trinajstić information content (AvgIpc) is 2.42. The molecule has 0 heterocycles. The summed E-state index contributed by atoms with van der Waals surface area (Å²) < 4.78 is 10.6. The molecule has 0 bridgehead atoms. The van der Waals surface area contributed by atoms with Gasteiger partial charge in [-0.3, -0.25) is 0 Å². The first kappa shape index (κ1) is 14.6. The molecule has 0 aliphatic rings. The number of ether oxygens (including phenoxy) is 2. The van der Waals surface area contributed by atoms with Crippen molar-refractivity contribution in [2.45, 2.75) is 20.3 Å². The molecular weight excluding hydrogens is 230 g/mol. The fraction of sp³-hybridized carbons (Fsp3) is 0.571. The van der Waals surface area contributed by atoms with E-state index in [9.17, 15) is 0 Å². The number of hydrogen-bond acceptors (Lipinski definition) is 4. The number of nitrogens with one attached hydrogen (secondary N) is 1. The molecule has 102 valence electrons. The summed E-state index contributed by atoms with van der Waals surface area (Å²) in [4.78, 5) is 0. The lowest BCUT2D eigenvalue weighted by molar-refractivity contribution is 0.196. The van der Waals surface area contributed by atoms with Gasteiger partial charge in [0.2, 0.25) is 0 Å². The third-order valence-electron chi connectivity index (χ3n) is 2.86. The lowest BCUT2D eigenvalue weighted by Crippen LogP contribution is -2.10. The summed E-state index contributed by atoms with van der Waals surface area (Å²) in [6.45, 7) is 5.58. The molecule has 0 aliphatic carbocycles. The molecule has 1 rings (SSSR count). The highest BCUT2D eigenvalue weighted by Gasteiger charge is 2.06. The van der Waals surface area contributed by atoms with Gasteiger partial charge in [-0.05, 0) is 18.1 Å². The summed E-state index contributed by atoms with van der Waals surface area (Å²) in [5.41, 5.74) is 1.00. The molecule has 0 spiro atoms. The van der Waals surface area contributed by atoms with Crippen LogP contribution in [-0.4, -0.2) is 32.0 Å². The zero-order valence-electron chi connectivity index (χ0n) is 11.4. The normalized spacial score (nSPS) is 12.0. The van der Waals surface area contributed by atoms with Crippen LogP contribution in [0, 0.1) is 5.92 Å². The highest BCUT2D eigenvalue weighted by molar-refractivity contribution is 5.54. The van der Waals surface area contributed by atoms with Crippen LogP contribution in [0.25, 0.3) is 0 Å². The zero-order valence-corrected chi connectivity index (χ0v) is 11.4. The summed E-state index contributed by atoms with van der Waals surface area (Å²) >= 11 is 0. The predicted octanol–water partition coefficient (Wildman–Crippen LogP) is 2.52. The molecule has 0 saturated carbocycles. The molecule has 0 aromatic heterocycles. The van der Waals surface area contributed by atoms with Crippen LogP contribution in [0.4, 0.5) is 5.69 Å². The maximum Gasteiger partial charge on any atom is 0.163 e. The first-order valence-electron chi connectivity index (χ1n) is 6.36. The monoisotopic (exact) mass is 253 g/mol. The molecule has 18 heavy (non-hydrogen) atoms. The Balaban J connectivity index is 2.69. The molecule has 0 saturated heterocycles. The number of hydrogen-bond donors (Lipinski definition) is 2. The second kappa shape index (κ2) is 7.82. The minimum Gasteiger partial charge on any atom is -0.493 e. The summed E-state index contributed by atoms with van der Waals surface area (Å²) in [5.74, 6) is 1.96. The van der Waals surface area contributed by atoms with E-state index in [2.05, 4.69) is 19.2 Å². The van der Waals surface area contributed by atoms with Crippen molar-refractivity contribution in [2.24, 2.45) is 5.92 Å². The fourth-order valence-corrected chi connectivity index (χ4v) is 1.49. The highest BCUT2D eigenvalue weighted by atomic mass is 16.5. The zero-order chi connectivity index (χ0) is 13.4. The standard InChI is InChI=1S/C14H23NO3/c1-4-11(2)10-15-12-5-6-13(17-3)14(9-12)18-8-7-16/h5-6,9,11,15-16H,4,7-8,10H2,1-3H3. The average molecular weight is 253 g/mol. The molecular formula is C14H23NO3. The number of rotatable bonds is 8. The van der Waals surface area contributed by atoms with Crippen molar-refractivity contribution >= 4 is 5.69 Å². The Bertz CT molecular complexity index is 355. The third kappa shape index (κ3) is 4.45.